The van der Waals surface area contributed by atoms with E-state index >= 15 is 0 Å². The number of aliphatic hydroxyl groups excluding tert-OH is 2. The van der Waals surface area contributed by atoms with Gasteiger partial charge in [-0.3, -0.25) is 0 Å². The van der Waals surface area contributed by atoms with Crippen LogP contribution in [-0.4, -0.2) is 39.1 Å². The zero-order valence-electron chi connectivity index (χ0n) is 13.0. The number of carboxylic acids is 1. The van der Waals surface area contributed by atoms with Gasteiger partial charge >= 0.3 is 5.97 Å². The van der Waals surface area contributed by atoms with Gasteiger partial charge in [0, 0.05) is 24.7 Å². The molecule has 1 heterocycles. The van der Waals surface area contributed by atoms with Gasteiger partial charge in [0.15, 0.2) is 0 Å². The Labute approximate surface area is 129 Å². The third-order valence-corrected chi connectivity index (χ3v) is 3.92. The molecule has 22 heavy (non-hydrogen) atoms. The Hall–Kier alpha value is -1.85. The molecule has 0 atom stereocenters. The second-order valence-electron chi connectivity index (χ2n) is 5.82. The Bertz CT molecular complexity index is 673. The molecule has 0 radical (unpaired) electrons. The van der Waals surface area contributed by atoms with Crippen LogP contribution in [-0.2, 0) is 13.0 Å². The molecule has 120 valence electrons. The molecule has 0 aliphatic rings. The van der Waals surface area contributed by atoms with Crippen molar-refractivity contribution in [3.05, 3.63) is 35.0 Å². The van der Waals surface area contributed by atoms with Crippen LogP contribution in [0.15, 0.2) is 18.3 Å². The summed E-state index contributed by atoms with van der Waals surface area (Å²) in [6, 6.07) is 3.76. The van der Waals surface area contributed by atoms with Gasteiger partial charge in [0.25, 0.3) is 0 Å². The molecule has 1 aromatic heterocycles. The van der Waals surface area contributed by atoms with E-state index in [9.17, 15) is 15.0 Å². The standard InChI is InChI=1S/C17H23NO4/c1-11(2)13-8-14-12(4-3-6-19)10-18(5-7-20)16(14)15(9-13)17(21)22/h8-11,19-20H,3-7H2,1-2H3,(H,21,22). The van der Waals surface area contributed by atoms with E-state index in [0.717, 1.165) is 16.5 Å². The lowest BCUT2D eigenvalue weighted by Crippen LogP contribution is -2.06. The summed E-state index contributed by atoms with van der Waals surface area (Å²) in [5.74, 6) is -0.729. The van der Waals surface area contributed by atoms with Crippen molar-refractivity contribution in [2.75, 3.05) is 13.2 Å². The number of benzene rings is 1. The Balaban J connectivity index is 2.72. The predicted octanol–water partition coefficient (Wildman–Crippen LogP) is 2.38. The van der Waals surface area contributed by atoms with Crippen molar-refractivity contribution in [3.63, 3.8) is 0 Å². The monoisotopic (exact) mass is 305 g/mol. The first-order valence-corrected chi connectivity index (χ1v) is 7.60. The van der Waals surface area contributed by atoms with E-state index in [0.29, 0.717) is 24.9 Å². The Morgan fingerprint density at radius 1 is 1.23 bits per heavy atom. The molecule has 2 rings (SSSR count). The number of fused-ring (bicyclic) bond motifs is 1. The van der Waals surface area contributed by atoms with Gasteiger partial charge in [0.05, 0.1) is 17.7 Å². The first-order valence-electron chi connectivity index (χ1n) is 7.60. The lowest BCUT2D eigenvalue weighted by molar-refractivity contribution is 0.0698. The molecule has 0 aliphatic carbocycles. The summed E-state index contributed by atoms with van der Waals surface area (Å²) >= 11 is 0. The zero-order valence-corrected chi connectivity index (χ0v) is 13.0. The molecular formula is C17H23NO4. The first kappa shape index (κ1) is 16.5. The van der Waals surface area contributed by atoms with Crippen LogP contribution in [0.3, 0.4) is 0 Å². The zero-order chi connectivity index (χ0) is 16.3. The highest BCUT2D eigenvalue weighted by atomic mass is 16.4. The van der Waals surface area contributed by atoms with E-state index in [-0.39, 0.29) is 24.7 Å². The fraction of sp³-hybridized carbons (Fsp3) is 0.471. The molecule has 0 unspecified atom stereocenters. The van der Waals surface area contributed by atoms with Gasteiger partial charge in [0.1, 0.15) is 0 Å². The fourth-order valence-electron chi connectivity index (χ4n) is 2.78. The van der Waals surface area contributed by atoms with E-state index in [1.54, 1.807) is 10.6 Å². The highest BCUT2D eigenvalue weighted by Gasteiger charge is 2.18. The third-order valence-electron chi connectivity index (χ3n) is 3.92. The second kappa shape index (κ2) is 6.94. The molecule has 5 nitrogen and oxygen atoms in total. The van der Waals surface area contributed by atoms with Crippen LogP contribution >= 0.6 is 0 Å². The van der Waals surface area contributed by atoms with E-state index in [2.05, 4.69) is 0 Å². The molecule has 3 N–H and O–H groups in total. The molecule has 0 bridgehead atoms. The van der Waals surface area contributed by atoms with Gasteiger partial charge in [-0.1, -0.05) is 13.8 Å². The van der Waals surface area contributed by atoms with Crippen molar-refractivity contribution >= 4 is 16.9 Å². The molecule has 1 aromatic carbocycles. The Morgan fingerprint density at radius 3 is 2.50 bits per heavy atom. The van der Waals surface area contributed by atoms with Crippen molar-refractivity contribution < 1.29 is 20.1 Å². The quantitative estimate of drug-likeness (QED) is 0.733. The largest absolute Gasteiger partial charge is 0.478 e. The van der Waals surface area contributed by atoms with E-state index in [1.807, 2.05) is 26.1 Å². The maximum atomic E-state index is 11.7. The molecular weight excluding hydrogens is 282 g/mol. The van der Waals surface area contributed by atoms with Crippen molar-refractivity contribution in [2.24, 2.45) is 0 Å². The molecule has 0 spiro atoms. The summed E-state index contributed by atoms with van der Waals surface area (Å²) in [5.41, 5.74) is 2.92. The number of aromatic carboxylic acids is 1. The SMILES string of the molecule is CC(C)c1cc(C(=O)O)c2c(c1)c(CCCO)cn2CCO. The van der Waals surface area contributed by atoms with Gasteiger partial charge in [0.2, 0.25) is 0 Å². The van der Waals surface area contributed by atoms with Crippen molar-refractivity contribution in [1.82, 2.24) is 4.57 Å². The average molecular weight is 305 g/mol. The van der Waals surface area contributed by atoms with Crippen LogP contribution in [0.4, 0.5) is 0 Å². The van der Waals surface area contributed by atoms with Crippen molar-refractivity contribution in [2.45, 2.75) is 39.2 Å². The Kier molecular flexibility index (Phi) is 5.21. The number of hydrogen-bond acceptors (Lipinski definition) is 3. The summed E-state index contributed by atoms with van der Waals surface area (Å²) < 4.78 is 1.80. The minimum atomic E-state index is -0.960. The third kappa shape index (κ3) is 3.15. The lowest BCUT2D eigenvalue weighted by atomic mass is 9.96. The number of aliphatic hydroxyl groups is 2. The number of aromatic nitrogens is 1. The summed E-state index contributed by atoms with van der Waals surface area (Å²) in [4.78, 5) is 11.7. The first-order chi connectivity index (χ1) is 10.5. The maximum absolute atomic E-state index is 11.7. The number of aryl methyl sites for hydroxylation is 1. The van der Waals surface area contributed by atoms with Crippen LogP contribution in [0.2, 0.25) is 0 Å². The maximum Gasteiger partial charge on any atom is 0.337 e. The molecule has 5 heteroatoms. The highest BCUT2D eigenvalue weighted by molar-refractivity contribution is 6.04. The molecule has 0 fully saturated rings. The number of carbonyl (C=O) groups is 1. The molecule has 0 amide bonds. The van der Waals surface area contributed by atoms with E-state index in [1.165, 1.54) is 0 Å². The van der Waals surface area contributed by atoms with Crippen LogP contribution in [0.5, 0.6) is 0 Å². The number of nitrogens with zero attached hydrogens (tertiary/aromatic N) is 1. The van der Waals surface area contributed by atoms with Gasteiger partial charge in [-0.2, -0.15) is 0 Å². The smallest absolute Gasteiger partial charge is 0.337 e. The van der Waals surface area contributed by atoms with Crippen molar-refractivity contribution in [3.8, 4) is 0 Å². The normalized spacial score (nSPS) is 11.5. The molecule has 0 saturated carbocycles. The summed E-state index contributed by atoms with van der Waals surface area (Å²) in [5, 5.41) is 28.7. The van der Waals surface area contributed by atoms with Crippen LogP contribution < -0.4 is 0 Å². The van der Waals surface area contributed by atoms with Crippen molar-refractivity contribution in [1.29, 1.82) is 0 Å². The fourth-order valence-corrected chi connectivity index (χ4v) is 2.78. The van der Waals surface area contributed by atoms with Gasteiger partial charge in [-0.15, -0.1) is 0 Å². The Morgan fingerprint density at radius 2 is 1.95 bits per heavy atom. The number of hydrogen-bond donors (Lipinski definition) is 3. The summed E-state index contributed by atoms with van der Waals surface area (Å²) in [6.45, 7) is 4.48. The minimum Gasteiger partial charge on any atom is -0.478 e. The topological polar surface area (TPSA) is 82.7 Å². The number of rotatable bonds is 7. The van der Waals surface area contributed by atoms with Gasteiger partial charge < -0.3 is 19.9 Å². The van der Waals surface area contributed by atoms with Crippen LogP contribution in [0.1, 0.15) is 47.7 Å². The summed E-state index contributed by atoms with van der Waals surface area (Å²) in [6.07, 6.45) is 3.21. The second-order valence-corrected chi connectivity index (χ2v) is 5.82. The van der Waals surface area contributed by atoms with Crippen LogP contribution in [0, 0.1) is 0 Å². The summed E-state index contributed by atoms with van der Waals surface area (Å²) in [7, 11) is 0. The molecule has 2 aromatic rings. The lowest BCUT2D eigenvalue weighted by Gasteiger charge is -2.11. The minimum absolute atomic E-state index is 0.0474. The van der Waals surface area contributed by atoms with E-state index in [4.69, 9.17) is 5.11 Å². The van der Waals surface area contributed by atoms with Crippen LogP contribution in [0.25, 0.3) is 10.9 Å². The average Bonchev–Trinajstić information content (AvgIpc) is 2.82. The highest BCUT2D eigenvalue weighted by Crippen LogP contribution is 2.30. The predicted molar refractivity (Wildman–Crippen MR) is 85.5 cm³/mol. The van der Waals surface area contributed by atoms with Gasteiger partial charge in [-0.05, 0) is 42.0 Å². The molecule has 0 aliphatic heterocycles. The number of carboxylic acid groups (broad SMARTS) is 1. The molecule has 0 saturated heterocycles. The van der Waals surface area contributed by atoms with E-state index < -0.39 is 5.97 Å². The van der Waals surface area contributed by atoms with Gasteiger partial charge in [-0.25, -0.2) is 4.79 Å².